The molecule has 3 N–H and O–H groups in total. The number of nitrogens with two attached hydrogens (primary N) is 1. The van der Waals surface area contributed by atoms with E-state index in [4.69, 9.17) is 10.7 Å². The third-order valence-electron chi connectivity index (χ3n) is 4.83. The lowest BCUT2D eigenvalue weighted by Gasteiger charge is -2.30. The number of hydrogen-bond donors (Lipinski definition) is 2. The number of aromatic nitrogens is 1. The second-order valence-corrected chi connectivity index (χ2v) is 7.69. The van der Waals surface area contributed by atoms with Crippen LogP contribution in [0.15, 0.2) is 35.4 Å². The standard InChI is InChI=1S/C21H22N6OS/c1-2-15-16(12-22)20(27-10-8-25-9-11-27)26-21(17(15)13-23)29-18(19(24)28)14-6-4-3-5-7-14/h3-7,18,25H,2,8-11H2,1H3,(H2,24,28). The van der Waals surface area contributed by atoms with Gasteiger partial charge in [-0.3, -0.25) is 4.79 Å². The Labute approximate surface area is 174 Å². The third-order valence-corrected chi connectivity index (χ3v) is 6.09. The van der Waals surface area contributed by atoms with E-state index in [2.05, 4.69) is 22.4 Å². The Balaban J connectivity index is 2.13. The van der Waals surface area contributed by atoms with Crippen molar-refractivity contribution in [3.8, 4) is 12.1 Å². The number of benzene rings is 1. The number of amides is 1. The summed E-state index contributed by atoms with van der Waals surface area (Å²) in [5, 5.41) is 22.7. The van der Waals surface area contributed by atoms with Gasteiger partial charge >= 0.3 is 0 Å². The van der Waals surface area contributed by atoms with Gasteiger partial charge in [0.2, 0.25) is 5.91 Å². The summed E-state index contributed by atoms with van der Waals surface area (Å²) in [4.78, 5) is 18.9. The number of carbonyl (C=O) groups is 1. The highest BCUT2D eigenvalue weighted by atomic mass is 32.2. The topological polar surface area (TPSA) is 119 Å². The van der Waals surface area contributed by atoms with Crippen LogP contribution in [0.5, 0.6) is 0 Å². The fourth-order valence-corrected chi connectivity index (χ4v) is 4.46. The average Bonchev–Trinajstić information content (AvgIpc) is 2.77. The van der Waals surface area contributed by atoms with Crippen molar-refractivity contribution in [2.24, 2.45) is 5.73 Å². The van der Waals surface area contributed by atoms with Crippen LogP contribution in [0, 0.1) is 22.7 Å². The van der Waals surface area contributed by atoms with E-state index < -0.39 is 11.2 Å². The molecule has 0 spiro atoms. The zero-order chi connectivity index (χ0) is 20.8. The number of thioether (sulfide) groups is 1. The zero-order valence-electron chi connectivity index (χ0n) is 16.2. The minimum absolute atomic E-state index is 0.343. The molecule has 1 aliphatic rings. The number of primary amides is 1. The van der Waals surface area contributed by atoms with Crippen LogP contribution in [-0.2, 0) is 11.2 Å². The molecular formula is C21H22N6OS. The third kappa shape index (κ3) is 4.34. The number of rotatable bonds is 6. The first-order valence-electron chi connectivity index (χ1n) is 9.44. The maximum atomic E-state index is 12.2. The number of anilines is 1. The van der Waals surface area contributed by atoms with E-state index in [9.17, 15) is 15.3 Å². The maximum Gasteiger partial charge on any atom is 0.235 e. The highest BCUT2D eigenvalue weighted by Crippen LogP contribution is 2.39. The van der Waals surface area contributed by atoms with E-state index in [1.165, 1.54) is 11.8 Å². The summed E-state index contributed by atoms with van der Waals surface area (Å²) in [5.41, 5.74) is 7.87. The van der Waals surface area contributed by atoms with Gasteiger partial charge in [-0.2, -0.15) is 10.5 Å². The number of pyridine rings is 1. The van der Waals surface area contributed by atoms with Crippen LogP contribution in [-0.4, -0.2) is 37.1 Å². The van der Waals surface area contributed by atoms with Crippen molar-refractivity contribution in [1.29, 1.82) is 10.5 Å². The van der Waals surface area contributed by atoms with Crippen LogP contribution < -0.4 is 16.0 Å². The number of nitrogens with zero attached hydrogens (tertiary/aromatic N) is 4. The molecule has 0 bridgehead atoms. The van der Waals surface area contributed by atoms with E-state index in [1.807, 2.05) is 37.3 Å². The molecule has 1 atom stereocenters. The van der Waals surface area contributed by atoms with Crippen LogP contribution in [0.25, 0.3) is 0 Å². The van der Waals surface area contributed by atoms with Crippen molar-refractivity contribution in [2.75, 3.05) is 31.1 Å². The van der Waals surface area contributed by atoms with Gasteiger partial charge in [-0.05, 0) is 17.5 Å². The Morgan fingerprint density at radius 3 is 2.45 bits per heavy atom. The van der Waals surface area contributed by atoms with E-state index >= 15 is 0 Å². The van der Waals surface area contributed by atoms with Gasteiger partial charge in [-0.25, -0.2) is 4.98 Å². The van der Waals surface area contributed by atoms with Crippen LogP contribution in [0.3, 0.4) is 0 Å². The Morgan fingerprint density at radius 1 is 1.24 bits per heavy atom. The minimum Gasteiger partial charge on any atom is -0.368 e. The highest BCUT2D eigenvalue weighted by molar-refractivity contribution is 8.00. The van der Waals surface area contributed by atoms with Crippen LogP contribution >= 0.6 is 11.8 Å². The van der Waals surface area contributed by atoms with Crippen molar-refractivity contribution in [3.63, 3.8) is 0 Å². The predicted molar refractivity (Wildman–Crippen MR) is 112 cm³/mol. The van der Waals surface area contributed by atoms with Gasteiger partial charge in [-0.1, -0.05) is 49.0 Å². The molecule has 0 aliphatic carbocycles. The molecule has 148 valence electrons. The fourth-order valence-electron chi connectivity index (χ4n) is 3.40. The van der Waals surface area contributed by atoms with Crippen LogP contribution in [0.2, 0.25) is 0 Å². The zero-order valence-corrected chi connectivity index (χ0v) is 17.0. The molecule has 0 radical (unpaired) electrons. The van der Waals surface area contributed by atoms with Gasteiger partial charge in [0.15, 0.2) is 0 Å². The smallest absolute Gasteiger partial charge is 0.235 e. The van der Waals surface area contributed by atoms with Crippen molar-refractivity contribution >= 4 is 23.5 Å². The molecule has 0 saturated carbocycles. The van der Waals surface area contributed by atoms with Crippen molar-refractivity contribution < 1.29 is 4.79 Å². The van der Waals surface area contributed by atoms with Gasteiger partial charge in [0.25, 0.3) is 0 Å². The molecule has 1 fully saturated rings. The minimum atomic E-state index is -0.677. The second kappa shape index (κ2) is 9.42. The molecule has 7 nitrogen and oxygen atoms in total. The van der Waals surface area contributed by atoms with E-state index in [1.54, 1.807) is 0 Å². The quantitative estimate of drug-likeness (QED) is 0.705. The molecule has 29 heavy (non-hydrogen) atoms. The molecule has 1 aromatic carbocycles. The molecule has 2 heterocycles. The summed E-state index contributed by atoms with van der Waals surface area (Å²) in [6.07, 6.45) is 0.521. The monoisotopic (exact) mass is 406 g/mol. The molecular weight excluding hydrogens is 384 g/mol. The van der Waals surface area contributed by atoms with Gasteiger partial charge in [0.1, 0.15) is 28.2 Å². The lowest BCUT2D eigenvalue weighted by atomic mass is 10.0. The summed E-state index contributed by atoms with van der Waals surface area (Å²) in [7, 11) is 0. The second-order valence-electron chi connectivity index (χ2n) is 6.59. The van der Waals surface area contributed by atoms with E-state index in [-0.39, 0.29) is 0 Å². The maximum absolute atomic E-state index is 12.2. The normalized spacial score (nSPS) is 14.7. The molecule has 8 heteroatoms. The lowest BCUT2D eigenvalue weighted by molar-refractivity contribution is -0.117. The van der Waals surface area contributed by atoms with Gasteiger partial charge < -0.3 is 16.0 Å². The summed E-state index contributed by atoms with van der Waals surface area (Å²) in [6.45, 7) is 4.95. The highest BCUT2D eigenvalue weighted by Gasteiger charge is 2.27. The van der Waals surface area contributed by atoms with Crippen molar-refractivity contribution in [2.45, 2.75) is 23.6 Å². The molecule has 3 rings (SSSR count). The summed E-state index contributed by atoms with van der Waals surface area (Å²) in [6, 6.07) is 13.6. The molecule has 1 unspecified atom stereocenters. The molecule has 1 saturated heterocycles. The first-order valence-corrected chi connectivity index (χ1v) is 10.3. The average molecular weight is 407 g/mol. The Kier molecular flexibility index (Phi) is 6.71. The van der Waals surface area contributed by atoms with Crippen LogP contribution in [0.4, 0.5) is 5.82 Å². The summed E-state index contributed by atoms with van der Waals surface area (Å²) < 4.78 is 0. The van der Waals surface area contributed by atoms with E-state index in [0.29, 0.717) is 34.0 Å². The number of nitrogens with one attached hydrogen (secondary N) is 1. The number of carbonyl (C=O) groups excluding carboxylic acids is 1. The predicted octanol–water partition coefficient (Wildman–Crippen LogP) is 2.12. The fraction of sp³-hybridized carbons (Fsp3) is 0.333. The Morgan fingerprint density at radius 2 is 1.90 bits per heavy atom. The van der Waals surface area contributed by atoms with Crippen molar-refractivity contribution in [1.82, 2.24) is 10.3 Å². The number of hydrogen-bond acceptors (Lipinski definition) is 7. The summed E-state index contributed by atoms with van der Waals surface area (Å²) >= 11 is 1.17. The van der Waals surface area contributed by atoms with Crippen LogP contribution in [0.1, 0.15) is 34.4 Å². The molecule has 1 aliphatic heterocycles. The SMILES string of the molecule is CCc1c(C#N)c(SC(C(N)=O)c2ccccc2)nc(N2CCNCC2)c1C#N. The Hall–Kier alpha value is -3.07. The molecule has 1 aromatic heterocycles. The summed E-state index contributed by atoms with van der Waals surface area (Å²) in [5.74, 6) is 0.0710. The first-order chi connectivity index (χ1) is 14.1. The van der Waals surface area contributed by atoms with E-state index in [0.717, 1.165) is 31.7 Å². The number of nitriles is 2. The molecule has 2 aromatic rings. The number of piperazine rings is 1. The van der Waals surface area contributed by atoms with Gasteiger partial charge in [-0.15, -0.1) is 0 Å². The van der Waals surface area contributed by atoms with Gasteiger partial charge in [0, 0.05) is 26.2 Å². The first kappa shape index (κ1) is 20.7. The Bertz CT molecular complexity index is 973. The molecule has 1 amide bonds. The largest absolute Gasteiger partial charge is 0.368 e. The van der Waals surface area contributed by atoms with Gasteiger partial charge in [0.05, 0.1) is 11.1 Å². The van der Waals surface area contributed by atoms with Crippen molar-refractivity contribution in [3.05, 3.63) is 52.6 Å². The lowest BCUT2D eigenvalue weighted by Crippen LogP contribution is -2.44.